The number of rotatable bonds is 3. The molecule has 0 atom stereocenters. The van der Waals surface area contributed by atoms with Crippen molar-refractivity contribution in [3.8, 4) is 0 Å². The number of aromatic nitrogens is 3. The second-order valence-corrected chi connectivity index (χ2v) is 2.82. The lowest BCUT2D eigenvalue weighted by Gasteiger charge is -2.02. The van der Waals surface area contributed by atoms with Crippen molar-refractivity contribution in [3.63, 3.8) is 0 Å². The summed E-state index contributed by atoms with van der Waals surface area (Å²) in [6.45, 7) is 5.09. The predicted octanol–water partition coefficient (Wildman–Crippen LogP) is 0.455. The zero-order valence-electron chi connectivity index (χ0n) is 6.76. The summed E-state index contributed by atoms with van der Waals surface area (Å²) in [5.74, 6) is 1.49. The Morgan fingerprint density at radius 3 is 2.82 bits per heavy atom. The standard InChI is InChI=1S/C6H13N5/c1-4(2)3-8-6-9-5(7)10-11-6/h4H,3H2,1-2H3,(H4,7,8,9,10,11). The minimum absolute atomic E-state index is 0.344. The molecule has 4 N–H and O–H groups in total. The van der Waals surface area contributed by atoms with Gasteiger partial charge in [-0.1, -0.05) is 13.8 Å². The second kappa shape index (κ2) is 3.23. The van der Waals surface area contributed by atoms with Crippen LogP contribution in [-0.2, 0) is 0 Å². The van der Waals surface area contributed by atoms with Crippen LogP contribution in [0.4, 0.5) is 11.9 Å². The van der Waals surface area contributed by atoms with E-state index < -0.39 is 0 Å². The number of hydrogen-bond acceptors (Lipinski definition) is 4. The van der Waals surface area contributed by atoms with Gasteiger partial charge in [-0.2, -0.15) is 4.98 Å². The molecular weight excluding hydrogens is 142 g/mol. The van der Waals surface area contributed by atoms with E-state index in [1.165, 1.54) is 0 Å². The third-order valence-electron chi connectivity index (χ3n) is 1.17. The smallest absolute Gasteiger partial charge is 0.243 e. The molecule has 0 unspecified atom stereocenters. The van der Waals surface area contributed by atoms with E-state index in [0.717, 1.165) is 6.54 Å². The summed E-state index contributed by atoms with van der Waals surface area (Å²) in [6, 6.07) is 0. The maximum atomic E-state index is 5.32. The van der Waals surface area contributed by atoms with Gasteiger partial charge in [0.15, 0.2) is 0 Å². The fourth-order valence-corrected chi connectivity index (χ4v) is 0.649. The molecule has 1 rings (SSSR count). The molecule has 0 radical (unpaired) electrons. The molecule has 0 amide bonds. The molecule has 5 nitrogen and oxygen atoms in total. The molecule has 0 aliphatic heterocycles. The van der Waals surface area contributed by atoms with Crippen LogP contribution in [0.25, 0.3) is 0 Å². The molecule has 62 valence electrons. The lowest BCUT2D eigenvalue weighted by Crippen LogP contribution is -2.08. The molecule has 0 aliphatic carbocycles. The van der Waals surface area contributed by atoms with E-state index in [1.807, 2.05) is 0 Å². The zero-order valence-corrected chi connectivity index (χ0v) is 6.76. The Morgan fingerprint density at radius 2 is 2.36 bits per heavy atom. The minimum atomic E-state index is 0.344. The van der Waals surface area contributed by atoms with Gasteiger partial charge in [-0.25, -0.2) is 5.10 Å². The number of nitrogens with one attached hydrogen (secondary N) is 2. The summed E-state index contributed by atoms with van der Waals surface area (Å²) >= 11 is 0. The summed E-state index contributed by atoms with van der Waals surface area (Å²) in [5, 5.41) is 9.39. The Bertz CT molecular complexity index is 217. The van der Waals surface area contributed by atoms with Gasteiger partial charge in [0.1, 0.15) is 0 Å². The van der Waals surface area contributed by atoms with Crippen molar-refractivity contribution in [1.82, 2.24) is 15.2 Å². The number of nitrogens with zero attached hydrogens (tertiary/aromatic N) is 2. The maximum Gasteiger partial charge on any atom is 0.243 e. The molecule has 5 heteroatoms. The largest absolute Gasteiger partial charge is 0.368 e. The molecular formula is C6H13N5. The van der Waals surface area contributed by atoms with Gasteiger partial charge in [-0.3, -0.25) is 0 Å². The maximum absolute atomic E-state index is 5.32. The average Bonchev–Trinajstić information content (AvgIpc) is 2.31. The van der Waals surface area contributed by atoms with Gasteiger partial charge < -0.3 is 11.1 Å². The van der Waals surface area contributed by atoms with Gasteiger partial charge >= 0.3 is 0 Å². The Hall–Kier alpha value is -1.26. The first-order chi connectivity index (χ1) is 5.18. The van der Waals surface area contributed by atoms with Crippen molar-refractivity contribution < 1.29 is 0 Å². The highest BCUT2D eigenvalue weighted by Gasteiger charge is 1.98. The molecule has 0 spiro atoms. The number of anilines is 2. The van der Waals surface area contributed by atoms with Crippen molar-refractivity contribution in [2.45, 2.75) is 13.8 Å². The van der Waals surface area contributed by atoms with Gasteiger partial charge in [-0.05, 0) is 5.92 Å². The predicted molar refractivity (Wildman–Crippen MR) is 44.1 cm³/mol. The first kappa shape index (κ1) is 7.84. The van der Waals surface area contributed by atoms with Gasteiger partial charge in [0.25, 0.3) is 0 Å². The third-order valence-corrected chi connectivity index (χ3v) is 1.17. The highest BCUT2D eigenvalue weighted by atomic mass is 15.3. The SMILES string of the molecule is CC(C)CNc1n[nH]c(N)n1. The molecule has 1 aromatic heterocycles. The van der Waals surface area contributed by atoms with Crippen molar-refractivity contribution in [3.05, 3.63) is 0 Å². The van der Waals surface area contributed by atoms with Crippen LogP contribution in [0.2, 0.25) is 0 Å². The van der Waals surface area contributed by atoms with Crippen molar-refractivity contribution in [1.29, 1.82) is 0 Å². The Labute approximate surface area is 65.4 Å². The Kier molecular flexibility index (Phi) is 2.30. The molecule has 1 aromatic rings. The quantitative estimate of drug-likeness (QED) is 0.592. The minimum Gasteiger partial charge on any atom is -0.368 e. The lowest BCUT2D eigenvalue weighted by molar-refractivity contribution is 0.685. The topological polar surface area (TPSA) is 79.6 Å². The Balaban J connectivity index is 2.39. The molecule has 1 heterocycles. The summed E-state index contributed by atoms with van der Waals surface area (Å²) < 4.78 is 0. The molecule has 11 heavy (non-hydrogen) atoms. The van der Waals surface area contributed by atoms with E-state index in [4.69, 9.17) is 5.73 Å². The van der Waals surface area contributed by atoms with Gasteiger partial charge in [0, 0.05) is 6.54 Å². The average molecular weight is 155 g/mol. The summed E-state index contributed by atoms with van der Waals surface area (Å²) in [7, 11) is 0. The first-order valence-electron chi connectivity index (χ1n) is 3.60. The molecule has 0 bridgehead atoms. The van der Waals surface area contributed by atoms with E-state index in [2.05, 4.69) is 34.3 Å². The molecule has 0 saturated heterocycles. The highest BCUT2D eigenvalue weighted by Crippen LogP contribution is 2.00. The fourth-order valence-electron chi connectivity index (χ4n) is 0.649. The highest BCUT2D eigenvalue weighted by molar-refractivity contribution is 5.29. The van der Waals surface area contributed by atoms with Gasteiger partial charge in [-0.15, -0.1) is 5.10 Å². The van der Waals surface area contributed by atoms with Gasteiger partial charge in [0.05, 0.1) is 0 Å². The van der Waals surface area contributed by atoms with Crippen LogP contribution in [0.15, 0.2) is 0 Å². The number of hydrogen-bond donors (Lipinski definition) is 3. The number of H-pyrrole nitrogens is 1. The summed E-state index contributed by atoms with van der Waals surface area (Å²) in [5.41, 5.74) is 5.32. The normalized spacial score (nSPS) is 10.5. The van der Waals surface area contributed by atoms with E-state index in [1.54, 1.807) is 0 Å². The van der Waals surface area contributed by atoms with Crippen molar-refractivity contribution >= 4 is 11.9 Å². The van der Waals surface area contributed by atoms with Crippen molar-refractivity contribution in [2.75, 3.05) is 17.6 Å². The first-order valence-corrected chi connectivity index (χ1v) is 3.60. The van der Waals surface area contributed by atoms with E-state index >= 15 is 0 Å². The zero-order chi connectivity index (χ0) is 8.27. The van der Waals surface area contributed by atoms with Crippen LogP contribution >= 0.6 is 0 Å². The molecule has 0 aromatic carbocycles. The summed E-state index contributed by atoms with van der Waals surface area (Å²) in [6.07, 6.45) is 0. The van der Waals surface area contributed by atoms with Gasteiger partial charge in [0.2, 0.25) is 11.9 Å². The van der Waals surface area contributed by atoms with Crippen LogP contribution in [-0.4, -0.2) is 21.7 Å². The van der Waals surface area contributed by atoms with Crippen LogP contribution in [0.1, 0.15) is 13.8 Å². The second-order valence-electron chi connectivity index (χ2n) is 2.82. The molecule has 0 fully saturated rings. The number of aromatic amines is 1. The summed E-state index contributed by atoms with van der Waals surface area (Å²) in [4.78, 5) is 3.88. The third kappa shape index (κ3) is 2.45. The number of nitrogen functional groups attached to an aromatic ring is 1. The lowest BCUT2D eigenvalue weighted by atomic mass is 10.2. The van der Waals surface area contributed by atoms with E-state index in [9.17, 15) is 0 Å². The Morgan fingerprint density at radius 1 is 1.64 bits per heavy atom. The van der Waals surface area contributed by atoms with Crippen LogP contribution < -0.4 is 11.1 Å². The number of nitrogens with two attached hydrogens (primary N) is 1. The van der Waals surface area contributed by atoms with Crippen LogP contribution in [0.5, 0.6) is 0 Å². The van der Waals surface area contributed by atoms with Crippen molar-refractivity contribution in [2.24, 2.45) is 5.92 Å². The van der Waals surface area contributed by atoms with Crippen LogP contribution in [0.3, 0.4) is 0 Å². The van der Waals surface area contributed by atoms with E-state index in [-0.39, 0.29) is 0 Å². The van der Waals surface area contributed by atoms with E-state index in [0.29, 0.717) is 17.8 Å². The molecule has 0 aliphatic rings. The monoisotopic (exact) mass is 155 g/mol. The molecule has 0 saturated carbocycles. The van der Waals surface area contributed by atoms with Crippen LogP contribution in [0, 0.1) is 5.92 Å². The fraction of sp³-hybridized carbons (Fsp3) is 0.667.